The molecule has 1 N–H and O–H groups in total. The molecule has 0 atom stereocenters. The van der Waals surface area contributed by atoms with E-state index in [0.29, 0.717) is 10.6 Å². The minimum Gasteiger partial charge on any atom is -0.384 e. The Balaban J connectivity index is 2.28. The highest BCUT2D eigenvalue weighted by atomic mass is 32.2. The van der Waals surface area contributed by atoms with Gasteiger partial charge in [-0.05, 0) is 31.4 Å². The molecule has 1 aliphatic carbocycles. The fourth-order valence-corrected chi connectivity index (χ4v) is 3.78. The molecule has 0 spiro atoms. The number of rotatable bonds is 6. The first kappa shape index (κ1) is 14.3. The quantitative estimate of drug-likeness (QED) is 0.872. The molecule has 0 radical (unpaired) electrons. The molecule has 0 bridgehead atoms. The summed E-state index contributed by atoms with van der Waals surface area (Å²) >= 11 is 0. The summed E-state index contributed by atoms with van der Waals surface area (Å²) in [5, 5.41) is 3.19. The molecule has 106 valence electrons. The van der Waals surface area contributed by atoms with E-state index in [-0.39, 0.29) is 6.04 Å². The number of benzene rings is 1. The Hall–Kier alpha value is -1.07. The lowest BCUT2D eigenvalue weighted by Gasteiger charge is -2.34. The van der Waals surface area contributed by atoms with Gasteiger partial charge in [-0.2, -0.15) is 4.31 Å². The number of sulfonamides is 1. The summed E-state index contributed by atoms with van der Waals surface area (Å²) in [6, 6.07) is 7.32. The van der Waals surface area contributed by atoms with Crippen molar-refractivity contribution in [2.24, 2.45) is 0 Å². The average molecular weight is 282 g/mol. The van der Waals surface area contributed by atoms with E-state index in [1.165, 1.54) is 4.31 Å². The van der Waals surface area contributed by atoms with Gasteiger partial charge in [0.05, 0.1) is 5.69 Å². The zero-order valence-electron chi connectivity index (χ0n) is 11.6. The van der Waals surface area contributed by atoms with Crippen LogP contribution in [0.15, 0.2) is 29.2 Å². The molecule has 19 heavy (non-hydrogen) atoms. The summed E-state index contributed by atoms with van der Waals surface area (Å²) in [5.74, 6) is 0. The van der Waals surface area contributed by atoms with E-state index < -0.39 is 10.0 Å². The Bertz CT molecular complexity index is 524. The van der Waals surface area contributed by atoms with Crippen LogP contribution in [0.25, 0.3) is 0 Å². The van der Waals surface area contributed by atoms with Gasteiger partial charge in [-0.3, -0.25) is 0 Å². The molecule has 0 aliphatic heterocycles. The molecule has 2 rings (SSSR count). The Morgan fingerprint density at radius 1 is 1.32 bits per heavy atom. The minimum absolute atomic E-state index is 0.171. The highest BCUT2D eigenvalue weighted by Gasteiger charge is 2.32. The van der Waals surface area contributed by atoms with Crippen LogP contribution in [0.2, 0.25) is 0 Å². The molecular formula is C14H22N2O2S. The third kappa shape index (κ3) is 2.92. The zero-order valence-corrected chi connectivity index (χ0v) is 12.4. The van der Waals surface area contributed by atoms with Gasteiger partial charge >= 0.3 is 0 Å². The molecule has 5 heteroatoms. The monoisotopic (exact) mass is 282 g/mol. The summed E-state index contributed by atoms with van der Waals surface area (Å²) in [7, 11) is -1.70. The summed E-state index contributed by atoms with van der Waals surface area (Å²) in [5.41, 5.74) is 0.704. The lowest BCUT2D eigenvalue weighted by atomic mass is 9.94. The van der Waals surface area contributed by atoms with Gasteiger partial charge in [-0.15, -0.1) is 0 Å². The van der Waals surface area contributed by atoms with Crippen LogP contribution in [0.4, 0.5) is 5.69 Å². The van der Waals surface area contributed by atoms with Crippen molar-refractivity contribution in [3.8, 4) is 0 Å². The maximum atomic E-state index is 12.6. The predicted octanol–water partition coefficient (Wildman–Crippen LogP) is 2.68. The van der Waals surface area contributed by atoms with Crippen LogP contribution in [-0.2, 0) is 10.0 Å². The van der Waals surface area contributed by atoms with Gasteiger partial charge in [-0.25, -0.2) is 8.42 Å². The van der Waals surface area contributed by atoms with Crippen LogP contribution in [0.1, 0.15) is 32.6 Å². The van der Waals surface area contributed by atoms with Crippen molar-refractivity contribution < 1.29 is 8.42 Å². The van der Waals surface area contributed by atoms with Crippen molar-refractivity contribution in [1.82, 2.24) is 4.31 Å². The van der Waals surface area contributed by atoms with Gasteiger partial charge in [0.15, 0.2) is 0 Å². The van der Waals surface area contributed by atoms with Crippen LogP contribution in [-0.4, -0.2) is 32.4 Å². The van der Waals surface area contributed by atoms with Gasteiger partial charge in [0, 0.05) is 19.6 Å². The van der Waals surface area contributed by atoms with Crippen LogP contribution in [0.5, 0.6) is 0 Å². The maximum Gasteiger partial charge on any atom is 0.245 e. The van der Waals surface area contributed by atoms with Crippen LogP contribution >= 0.6 is 0 Å². The molecule has 0 aromatic heterocycles. The molecule has 0 amide bonds. The first-order valence-corrected chi connectivity index (χ1v) is 8.32. The van der Waals surface area contributed by atoms with Crippen molar-refractivity contribution >= 4 is 15.7 Å². The molecule has 0 saturated heterocycles. The van der Waals surface area contributed by atoms with Gasteiger partial charge in [0.1, 0.15) is 4.90 Å². The molecule has 1 aromatic carbocycles. The molecular weight excluding hydrogens is 260 g/mol. The summed E-state index contributed by atoms with van der Waals surface area (Å²) < 4.78 is 26.8. The number of nitrogens with zero attached hydrogens (tertiary/aromatic N) is 1. The molecule has 1 aliphatic rings. The van der Waals surface area contributed by atoms with E-state index in [9.17, 15) is 8.42 Å². The summed E-state index contributed by atoms with van der Waals surface area (Å²) in [4.78, 5) is 0.387. The second-order valence-corrected chi connectivity index (χ2v) is 6.99. The van der Waals surface area contributed by atoms with E-state index in [0.717, 1.165) is 32.2 Å². The molecule has 1 aromatic rings. The molecule has 0 unspecified atom stereocenters. The fourth-order valence-electron chi connectivity index (χ4n) is 2.20. The van der Waals surface area contributed by atoms with Crippen molar-refractivity contribution in [2.45, 2.75) is 43.5 Å². The Morgan fingerprint density at radius 2 is 2.00 bits per heavy atom. The zero-order chi connectivity index (χ0) is 13.9. The van der Waals surface area contributed by atoms with Crippen LogP contribution in [0.3, 0.4) is 0 Å². The van der Waals surface area contributed by atoms with E-state index in [1.54, 1.807) is 19.2 Å². The van der Waals surface area contributed by atoms with Gasteiger partial charge in [-0.1, -0.05) is 25.5 Å². The molecule has 4 nitrogen and oxygen atoms in total. The SMILES string of the molecule is CCCNc1ccccc1S(=O)(=O)N(C)C1CCC1. The third-order valence-electron chi connectivity index (χ3n) is 3.70. The van der Waals surface area contributed by atoms with E-state index in [1.807, 2.05) is 12.1 Å². The van der Waals surface area contributed by atoms with Crippen LogP contribution < -0.4 is 5.32 Å². The highest BCUT2D eigenvalue weighted by Crippen LogP contribution is 2.31. The average Bonchev–Trinajstić information content (AvgIpc) is 2.34. The molecule has 0 heterocycles. The van der Waals surface area contributed by atoms with Crippen molar-refractivity contribution in [3.05, 3.63) is 24.3 Å². The Kier molecular flexibility index (Phi) is 4.47. The van der Waals surface area contributed by atoms with E-state index >= 15 is 0 Å². The van der Waals surface area contributed by atoms with Crippen molar-refractivity contribution in [1.29, 1.82) is 0 Å². The fraction of sp³-hybridized carbons (Fsp3) is 0.571. The van der Waals surface area contributed by atoms with Gasteiger partial charge < -0.3 is 5.32 Å². The third-order valence-corrected chi connectivity index (χ3v) is 5.67. The van der Waals surface area contributed by atoms with Crippen molar-refractivity contribution in [3.63, 3.8) is 0 Å². The van der Waals surface area contributed by atoms with Crippen molar-refractivity contribution in [2.75, 3.05) is 18.9 Å². The predicted molar refractivity (Wildman–Crippen MR) is 77.8 cm³/mol. The lowest BCUT2D eigenvalue weighted by molar-refractivity contribution is 0.250. The summed E-state index contributed by atoms with van der Waals surface area (Å²) in [6.45, 7) is 2.84. The topological polar surface area (TPSA) is 49.4 Å². The number of para-hydroxylation sites is 1. The number of nitrogens with one attached hydrogen (secondary N) is 1. The van der Waals surface area contributed by atoms with E-state index in [2.05, 4.69) is 12.2 Å². The standard InChI is InChI=1S/C14H22N2O2S/c1-3-11-15-13-9-4-5-10-14(13)19(17,18)16(2)12-7-6-8-12/h4-5,9-10,12,15H,3,6-8,11H2,1-2H3. The van der Waals surface area contributed by atoms with E-state index in [4.69, 9.17) is 0 Å². The smallest absolute Gasteiger partial charge is 0.245 e. The number of anilines is 1. The minimum atomic E-state index is -3.39. The van der Waals surface area contributed by atoms with Crippen LogP contribution in [0, 0.1) is 0 Å². The number of hydrogen-bond donors (Lipinski definition) is 1. The second kappa shape index (κ2) is 5.92. The number of hydrogen-bond acceptors (Lipinski definition) is 3. The Labute approximate surface area is 115 Å². The summed E-state index contributed by atoms with van der Waals surface area (Å²) in [6.07, 6.45) is 4.04. The molecule has 1 saturated carbocycles. The largest absolute Gasteiger partial charge is 0.384 e. The van der Waals surface area contributed by atoms with Gasteiger partial charge in [0.2, 0.25) is 10.0 Å². The lowest BCUT2D eigenvalue weighted by Crippen LogP contribution is -2.41. The highest BCUT2D eigenvalue weighted by molar-refractivity contribution is 7.89. The second-order valence-electron chi connectivity index (χ2n) is 5.03. The first-order valence-electron chi connectivity index (χ1n) is 6.88. The first-order chi connectivity index (χ1) is 9.07. The maximum absolute atomic E-state index is 12.6. The normalized spacial score (nSPS) is 16.4. The van der Waals surface area contributed by atoms with Gasteiger partial charge in [0.25, 0.3) is 0 Å². The Morgan fingerprint density at radius 3 is 2.58 bits per heavy atom. The molecule has 1 fully saturated rings.